The highest BCUT2D eigenvalue weighted by molar-refractivity contribution is 5.45. The van der Waals surface area contributed by atoms with Gasteiger partial charge in [0.15, 0.2) is 0 Å². The number of hydrogen-bond donors (Lipinski definition) is 1. The SMILES string of the molecule is Cc1cccc(Oc2ncnc(N)c2C)c1. The summed E-state index contributed by atoms with van der Waals surface area (Å²) in [5.74, 6) is 1.69. The van der Waals surface area contributed by atoms with E-state index in [1.54, 1.807) is 0 Å². The van der Waals surface area contributed by atoms with Crippen LogP contribution < -0.4 is 10.5 Å². The van der Waals surface area contributed by atoms with Crippen LogP contribution >= 0.6 is 0 Å². The third kappa shape index (κ3) is 2.11. The Morgan fingerprint density at radius 3 is 2.75 bits per heavy atom. The van der Waals surface area contributed by atoms with Crippen LogP contribution in [-0.4, -0.2) is 9.97 Å². The molecule has 0 unspecified atom stereocenters. The Hall–Kier alpha value is -2.10. The van der Waals surface area contributed by atoms with Crippen LogP contribution in [0.15, 0.2) is 30.6 Å². The number of nitrogens with two attached hydrogens (primary N) is 1. The molecule has 1 heterocycles. The van der Waals surface area contributed by atoms with Crippen LogP contribution in [0.2, 0.25) is 0 Å². The van der Waals surface area contributed by atoms with Crippen molar-refractivity contribution >= 4 is 5.82 Å². The molecule has 0 bridgehead atoms. The van der Waals surface area contributed by atoms with E-state index in [0.29, 0.717) is 11.7 Å². The van der Waals surface area contributed by atoms with E-state index < -0.39 is 0 Å². The molecule has 0 atom stereocenters. The highest BCUT2D eigenvalue weighted by atomic mass is 16.5. The van der Waals surface area contributed by atoms with E-state index in [4.69, 9.17) is 10.5 Å². The monoisotopic (exact) mass is 215 g/mol. The number of nitrogen functional groups attached to an aromatic ring is 1. The minimum absolute atomic E-state index is 0.442. The second-order valence-corrected chi connectivity index (χ2v) is 3.61. The van der Waals surface area contributed by atoms with E-state index >= 15 is 0 Å². The van der Waals surface area contributed by atoms with Crippen LogP contribution in [0.3, 0.4) is 0 Å². The molecule has 0 radical (unpaired) electrons. The molecule has 2 aromatic rings. The minimum Gasteiger partial charge on any atom is -0.439 e. The summed E-state index contributed by atoms with van der Waals surface area (Å²) in [6.45, 7) is 3.84. The van der Waals surface area contributed by atoms with Crippen LogP contribution in [-0.2, 0) is 0 Å². The Balaban J connectivity index is 2.31. The minimum atomic E-state index is 0.442. The lowest BCUT2D eigenvalue weighted by atomic mass is 10.2. The first kappa shape index (κ1) is 10.4. The standard InChI is InChI=1S/C12H13N3O/c1-8-4-3-5-10(6-8)16-12-9(2)11(13)14-7-15-12/h3-7H,1-2H3,(H2,13,14,15). The Morgan fingerprint density at radius 1 is 1.19 bits per heavy atom. The van der Waals surface area contributed by atoms with Gasteiger partial charge in [0.25, 0.3) is 0 Å². The highest BCUT2D eigenvalue weighted by Gasteiger charge is 2.06. The number of nitrogens with zero attached hydrogens (tertiary/aromatic N) is 2. The van der Waals surface area contributed by atoms with Gasteiger partial charge in [0.1, 0.15) is 17.9 Å². The van der Waals surface area contributed by atoms with E-state index in [9.17, 15) is 0 Å². The molecule has 0 fully saturated rings. The van der Waals surface area contributed by atoms with Gasteiger partial charge in [-0.25, -0.2) is 9.97 Å². The predicted molar refractivity (Wildman–Crippen MR) is 62.4 cm³/mol. The maximum absolute atomic E-state index is 5.67. The van der Waals surface area contributed by atoms with Gasteiger partial charge in [-0.3, -0.25) is 0 Å². The molecule has 0 amide bonds. The number of rotatable bonds is 2. The van der Waals surface area contributed by atoms with Crippen molar-refractivity contribution in [1.29, 1.82) is 0 Å². The first-order chi connectivity index (χ1) is 7.66. The molecular formula is C12H13N3O. The molecule has 0 aliphatic carbocycles. The lowest BCUT2D eigenvalue weighted by Crippen LogP contribution is -1.98. The molecule has 1 aromatic carbocycles. The molecule has 2 rings (SSSR count). The van der Waals surface area contributed by atoms with Gasteiger partial charge in [0.2, 0.25) is 5.88 Å². The normalized spacial score (nSPS) is 10.1. The summed E-state index contributed by atoms with van der Waals surface area (Å²) in [7, 11) is 0. The third-order valence-corrected chi connectivity index (χ3v) is 2.28. The van der Waals surface area contributed by atoms with Crippen molar-refractivity contribution in [3.05, 3.63) is 41.7 Å². The van der Waals surface area contributed by atoms with Crippen LogP contribution in [0.5, 0.6) is 11.6 Å². The molecule has 1 aromatic heterocycles. The quantitative estimate of drug-likeness (QED) is 0.835. The Bertz CT molecular complexity index is 511. The lowest BCUT2D eigenvalue weighted by Gasteiger charge is -2.08. The van der Waals surface area contributed by atoms with Crippen LogP contribution in [0.4, 0.5) is 5.82 Å². The molecule has 4 heteroatoms. The summed E-state index contributed by atoms with van der Waals surface area (Å²) in [6, 6.07) is 7.76. The van der Waals surface area contributed by atoms with Crippen molar-refractivity contribution in [1.82, 2.24) is 9.97 Å². The number of benzene rings is 1. The largest absolute Gasteiger partial charge is 0.439 e. The first-order valence-corrected chi connectivity index (χ1v) is 4.98. The average molecular weight is 215 g/mol. The number of hydrogen-bond acceptors (Lipinski definition) is 4. The van der Waals surface area contributed by atoms with E-state index in [1.807, 2.05) is 38.1 Å². The fourth-order valence-electron chi connectivity index (χ4n) is 1.34. The summed E-state index contributed by atoms with van der Waals surface area (Å²) in [5, 5.41) is 0. The number of anilines is 1. The van der Waals surface area contributed by atoms with Crippen molar-refractivity contribution in [2.24, 2.45) is 0 Å². The molecule has 82 valence electrons. The summed E-state index contributed by atoms with van der Waals surface area (Å²) in [4.78, 5) is 7.94. The molecular weight excluding hydrogens is 202 g/mol. The molecule has 0 saturated carbocycles. The highest BCUT2D eigenvalue weighted by Crippen LogP contribution is 2.24. The van der Waals surface area contributed by atoms with Gasteiger partial charge >= 0.3 is 0 Å². The zero-order valence-electron chi connectivity index (χ0n) is 9.27. The number of ether oxygens (including phenoxy) is 1. The van der Waals surface area contributed by atoms with E-state index in [2.05, 4.69) is 9.97 Å². The molecule has 4 nitrogen and oxygen atoms in total. The van der Waals surface area contributed by atoms with Crippen molar-refractivity contribution in [2.75, 3.05) is 5.73 Å². The maximum Gasteiger partial charge on any atom is 0.227 e. The summed E-state index contributed by atoms with van der Waals surface area (Å²) in [6.07, 6.45) is 1.40. The molecule has 0 saturated heterocycles. The van der Waals surface area contributed by atoms with E-state index in [1.165, 1.54) is 6.33 Å². The van der Waals surface area contributed by atoms with Gasteiger partial charge in [0, 0.05) is 0 Å². The zero-order chi connectivity index (χ0) is 11.5. The van der Waals surface area contributed by atoms with E-state index in [-0.39, 0.29) is 0 Å². The van der Waals surface area contributed by atoms with Crippen molar-refractivity contribution in [2.45, 2.75) is 13.8 Å². The van der Waals surface area contributed by atoms with Gasteiger partial charge < -0.3 is 10.5 Å². The zero-order valence-corrected chi connectivity index (χ0v) is 9.27. The summed E-state index contributed by atoms with van der Waals surface area (Å²) >= 11 is 0. The van der Waals surface area contributed by atoms with Gasteiger partial charge in [-0.15, -0.1) is 0 Å². The fraction of sp³-hybridized carbons (Fsp3) is 0.167. The predicted octanol–water partition coefficient (Wildman–Crippen LogP) is 2.47. The summed E-state index contributed by atoms with van der Waals surface area (Å²) in [5.41, 5.74) is 7.56. The van der Waals surface area contributed by atoms with Crippen LogP contribution in [0.25, 0.3) is 0 Å². The second-order valence-electron chi connectivity index (χ2n) is 3.61. The van der Waals surface area contributed by atoms with Crippen LogP contribution in [0, 0.1) is 13.8 Å². The molecule has 0 spiro atoms. The first-order valence-electron chi connectivity index (χ1n) is 4.98. The number of aromatic nitrogens is 2. The Morgan fingerprint density at radius 2 is 2.00 bits per heavy atom. The van der Waals surface area contributed by atoms with Crippen molar-refractivity contribution < 1.29 is 4.74 Å². The Labute approximate surface area is 94.1 Å². The molecule has 0 aliphatic rings. The van der Waals surface area contributed by atoms with Gasteiger partial charge in [-0.1, -0.05) is 12.1 Å². The number of aryl methyl sites for hydroxylation is 1. The van der Waals surface area contributed by atoms with Gasteiger partial charge in [-0.2, -0.15) is 0 Å². The van der Waals surface area contributed by atoms with Crippen molar-refractivity contribution in [3.63, 3.8) is 0 Å². The molecule has 0 aliphatic heterocycles. The third-order valence-electron chi connectivity index (χ3n) is 2.28. The van der Waals surface area contributed by atoms with E-state index in [0.717, 1.165) is 16.9 Å². The summed E-state index contributed by atoms with van der Waals surface area (Å²) < 4.78 is 5.64. The smallest absolute Gasteiger partial charge is 0.227 e. The topological polar surface area (TPSA) is 61.0 Å². The Kier molecular flexibility index (Phi) is 2.72. The second kappa shape index (κ2) is 4.18. The molecule has 2 N–H and O–H groups in total. The van der Waals surface area contributed by atoms with Crippen molar-refractivity contribution in [3.8, 4) is 11.6 Å². The van der Waals surface area contributed by atoms with Gasteiger partial charge in [-0.05, 0) is 31.5 Å². The average Bonchev–Trinajstić information content (AvgIpc) is 2.25. The van der Waals surface area contributed by atoms with Gasteiger partial charge in [0.05, 0.1) is 5.56 Å². The molecule has 16 heavy (non-hydrogen) atoms. The maximum atomic E-state index is 5.67. The fourth-order valence-corrected chi connectivity index (χ4v) is 1.34. The van der Waals surface area contributed by atoms with Crippen LogP contribution in [0.1, 0.15) is 11.1 Å². The lowest BCUT2D eigenvalue weighted by molar-refractivity contribution is 0.457.